The Morgan fingerprint density at radius 3 is 2.44 bits per heavy atom. The van der Waals surface area contributed by atoms with Crippen LogP contribution in [-0.2, 0) is 6.54 Å². The maximum Gasteiger partial charge on any atom is 0.0465 e. The van der Waals surface area contributed by atoms with Gasteiger partial charge in [-0.2, -0.15) is 0 Å². The zero-order chi connectivity index (χ0) is 12.0. The van der Waals surface area contributed by atoms with Crippen LogP contribution in [0.25, 0.3) is 0 Å². The maximum atomic E-state index is 6.11. The molecular formula is C12H18Cl2N2. The van der Waals surface area contributed by atoms with E-state index in [1.54, 1.807) is 0 Å². The largest absolute Gasteiger partial charge is 0.320 e. The van der Waals surface area contributed by atoms with Crippen molar-refractivity contribution in [2.24, 2.45) is 0 Å². The highest BCUT2D eigenvalue weighted by atomic mass is 35.5. The van der Waals surface area contributed by atoms with Gasteiger partial charge in [0.05, 0.1) is 0 Å². The van der Waals surface area contributed by atoms with E-state index in [1.807, 2.05) is 25.2 Å². The molecule has 16 heavy (non-hydrogen) atoms. The summed E-state index contributed by atoms with van der Waals surface area (Å²) in [4.78, 5) is 2.23. The summed E-state index contributed by atoms with van der Waals surface area (Å²) in [7, 11) is 4.04. The van der Waals surface area contributed by atoms with Crippen molar-refractivity contribution in [1.29, 1.82) is 0 Å². The molecule has 0 saturated carbocycles. The minimum Gasteiger partial charge on any atom is -0.320 e. The van der Waals surface area contributed by atoms with E-state index in [1.165, 1.54) is 0 Å². The van der Waals surface area contributed by atoms with Gasteiger partial charge >= 0.3 is 0 Å². The smallest absolute Gasteiger partial charge is 0.0465 e. The van der Waals surface area contributed by atoms with E-state index in [0.717, 1.165) is 41.7 Å². The van der Waals surface area contributed by atoms with Gasteiger partial charge in [-0.05, 0) is 45.7 Å². The molecule has 0 spiro atoms. The number of nitrogens with zero attached hydrogens (tertiary/aromatic N) is 1. The molecule has 0 saturated heterocycles. The zero-order valence-electron chi connectivity index (χ0n) is 9.76. The molecule has 0 unspecified atom stereocenters. The molecule has 0 radical (unpaired) electrons. The first-order chi connectivity index (χ1) is 7.65. The first-order valence-corrected chi connectivity index (χ1v) is 6.16. The average molecular weight is 261 g/mol. The molecule has 0 aliphatic heterocycles. The molecule has 0 atom stereocenters. The molecule has 4 heteroatoms. The standard InChI is InChI=1S/C12H18Cl2N2/c1-15-7-4-8-16(2)9-10-11(13)5-3-6-12(10)14/h3,5-6,15H,4,7-9H2,1-2H3. The van der Waals surface area contributed by atoms with Gasteiger partial charge in [0.1, 0.15) is 0 Å². The van der Waals surface area contributed by atoms with Crippen LogP contribution in [0.2, 0.25) is 10.0 Å². The van der Waals surface area contributed by atoms with Gasteiger partial charge in [0, 0.05) is 22.2 Å². The molecule has 0 bridgehead atoms. The van der Waals surface area contributed by atoms with Crippen LogP contribution in [0, 0.1) is 0 Å². The lowest BCUT2D eigenvalue weighted by Gasteiger charge is -2.18. The summed E-state index contributed by atoms with van der Waals surface area (Å²) in [5, 5.41) is 4.62. The van der Waals surface area contributed by atoms with Crippen molar-refractivity contribution in [2.75, 3.05) is 27.2 Å². The molecule has 2 nitrogen and oxygen atoms in total. The van der Waals surface area contributed by atoms with Gasteiger partial charge in [0.25, 0.3) is 0 Å². The number of halogens is 2. The summed E-state index contributed by atoms with van der Waals surface area (Å²) < 4.78 is 0. The Morgan fingerprint density at radius 2 is 1.88 bits per heavy atom. The third kappa shape index (κ3) is 4.30. The van der Waals surface area contributed by atoms with Gasteiger partial charge in [-0.1, -0.05) is 29.3 Å². The van der Waals surface area contributed by atoms with Gasteiger partial charge in [-0.15, -0.1) is 0 Å². The maximum absolute atomic E-state index is 6.11. The molecule has 1 aromatic rings. The zero-order valence-corrected chi connectivity index (χ0v) is 11.3. The third-order valence-corrected chi connectivity index (χ3v) is 3.16. The molecule has 0 heterocycles. The number of rotatable bonds is 6. The number of hydrogen-bond donors (Lipinski definition) is 1. The monoisotopic (exact) mass is 260 g/mol. The Kier molecular flexibility index (Phi) is 6.14. The molecule has 0 aliphatic carbocycles. The lowest BCUT2D eigenvalue weighted by Crippen LogP contribution is -2.22. The van der Waals surface area contributed by atoms with Gasteiger partial charge in [0.15, 0.2) is 0 Å². The lowest BCUT2D eigenvalue weighted by molar-refractivity contribution is 0.321. The predicted octanol–water partition coefficient (Wildman–Crippen LogP) is 3.03. The van der Waals surface area contributed by atoms with E-state index in [0.29, 0.717) is 0 Å². The minimum atomic E-state index is 0.743. The Labute approximate surface area is 108 Å². The van der Waals surface area contributed by atoms with Crippen LogP contribution in [0.3, 0.4) is 0 Å². The molecule has 0 aromatic heterocycles. The molecule has 1 rings (SSSR count). The SMILES string of the molecule is CNCCCN(C)Cc1c(Cl)cccc1Cl. The van der Waals surface area contributed by atoms with Gasteiger partial charge < -0.3 is 10.2 Å². The Hall–Kier alpha value is -0.280. The van der Waals surface area contributed by atoms with Crippen LogP contribution in [0.15, 0.2) is 18.2 Å². The van der Waals surface area contributed by atoms with Crippen LogP contribution in [-0.4, -0.2) is 32.1 Å². The molecular weight excluding hydrogens is 243 g/mol. The van der Waals surface area contributed by atoms with E-state index in [4.69, 9.17) is 23.2 Å². The van der Waals surface area contributed by atoms with Crippen molar-refractivity contribution in [3.05, 3.63) is 33.8 Å². The summed E-state index contributed by atoms with van der Waals surface area (Å²) in [6, 6.07) is 5.63. The molecule has 1 aromatic carbocycles. The van der Waals surface area contributed by atoms with E-state index in [2.05, 4.69) is 17.3 Å². The quantitative estimate of drug-likeness (QED) is 0.792. The highest BCUT2D eigenvalue weighted by molar-refractivity contribution is 6.35. The van der Waals surface area contributed by atoms with Crippen molar-refractivity contribution >= 4 is 23.2 Å². The number of hydrogen-bond acceptors (Lipinski definition) is 2. The Bertz CT molecular complexity index is 309. The first-order valence-electron chi connectivity index (χ1n) is 5.41. The fourth-order valence-corrected chi connectivity index (χ4v) is 2.08. The predicted molar refractivity (Wildman–Crippen MR) is 71.3 cm³/mol. The van der Waals surface area contributed by atoms with E-state index >= 15 is 0 Å². The van der Waals surface area contributed by atoms with Crippen LogP contribution in [0.5, 0.6) is 0 Å². The van der Waals surface area contributed by atoms with E-state index < -0.39 is 0 Å². The second-order valence-corrected chi connectivity index (χ2v) is 4.71. The van der Waals surface area contributed by atoms with Gasteiger partial charge in [-0.25, -0.2) is 0 Å². The van der Waals surface area contributed by atoms with Crippen molar-refractivity contribution in [3.63, 3.8) is 0 Å². The summed E-state index contributed by atoms with van der Waals surface area (Å²) in [6.45, 7) is 2.85. The topological polar surface area (TPSA) is 15.3 Å². The van der Waals surface area contributed by atoms with Crippen molar-refractivity contribution in [3.8, 4) is 0 Å². The van der Waals surface area contributed by atoms with E-state index in [9.17, 15) is 0 Å². The van der Waals surface area contributed by atoms with Crippen LogP contribution < -0.4 is 5.32 Å². The summed E-state index contributed by atoms with van der Waals surface area (Å²) in [5.74, 6) is 0. The van der Waals surface area contributed by atoms with Crippen LogP contribution in [0.4, 0.5) is 0 Å². The first kappa shape index (κ1) is 13.8. The highest BCUT2D eigenvalue weighted by Crippen LogP contribution is 2.25. The summed E-state index contributed by atoms with van der Waals surface area (Å²) >= 11 is 12.2. The third-order valence-electron chi connectivity index (χ3n) is 2.46. The average Bonchev–Trinajstić information content (AvgIpc) is 2.24. The van der Waals surface area contributed by atoms with Crippen molar-refractivity contribution < 1.29 is 0 Å². The Morgan fingerprint density at radius 1 is 1.25 bits per heavy atom. The fourth-order valence-electron chi connectivity index (χ4n) is 1.56. The van der Waals surface area contributed by atoms with Gasteiger partial charge in [-0.3, -0.25) is 0 Å². The molecule has 0 fully saturated rings. The lowest BCUT2D eigenvalue weighted by atomic mass is 10.2. The van der Waals surface area contributed by atoms with Crippen LogP contribution >= 0.6 is 23.2 Å². The summed E-state index contributed by atoms with van der Waals surface area (Å²) in [6.07, 6.45) is 1.12. The Balaban J connectivity index is 2.52. The molecule has 1 N–H and O–H groups in total. The second-order valence-electron chi connectivity index (χ2n) is 3.90. The number of benzene rings is 1. The van der Waals surface area contributed by atoms with E-state index in [-0.39, 0.29) is 0 Å². The normalized spacial score (nSPS) is 11.1. The molecule has 0 amide bonds. The summed E-state index contributed by atoms with van der Waals surface area (Å²) in [5.41, 5.74) is 1.01. The molecule has 0 aliphatic rings. The molecule has 90 valence electrons. The van der Waals surface area contributed by atoms with Crippen molar-refractivity contribution in [2.45, 2.75) is 13.0 Å². The van der Waals surface area contributed by atoms with Crippen LogP contribution in [0.1, 0.15) is 12.0 Å². The van der Waals surface area contributed by atoms with Crippen molar-refractivity contribution in [1.82, 2.24) is 10.2 Å². The number of nitrogens with one attached hydrogen (secondary N) is 1. The highest BCUT2D eigenvalue weighted by Gasteiger charge is 2.07. The minimum absolute atomic E-state index is 0.743. The second kappa shape index (κ2) is 7.13. The fraction of sp³-hybridized carbons (Fsp3) is 0.500. The van der Waals surface area contributed by atoms with Gasteiger partial charge in [0.2, 0.25) is 0 Å².